The molecule has 1 aliphatic rings. The lowest BCUT2D eigenvalue weighted by Gasteiger charge is -2.09. The Balaban J connectivity index is 1.78. The van der Waals surface area contributed by atoms with Crippen LogP contribution in [0.4, 0.5) is 0 Å². The maximum absolute atomic E-state index is 12.4. The van der Waals surface area contributed by atoms with Gasteiger partial charge >= 0.3 is 0 Å². The molecule has 1 aromatic heterocycles. The molecule has 1 unspecified atom stereocenters. The topological polar surface area (TPSA) is 89.3 Å². The number of rotatable bonds is 5. The number of hydrogen-bond donors (Lipinski definition) is 2. The monoisotopic (exact) mass is 330 g/mol. The van der Waals surface area contributed by atoms with Gasteiger partial charge in [0.05, 0.1) is 18.4 Å². The summed E-state index contributed by atoms with van der Waals surface area (Å²) in [6, 6.07) is 5.81. The van der Waals surface area contributed by atoms with E-state index in [-0.39, 0.29) is 30.0 Å². The van der Waals surface area contributed by atoms with Crippen LogP contribution in [-0.4, -0.2) is 45.3 Å². The van der Waals surface area contributed by atoms with E-state index in [0.29, 0.717) is 6.54 Å². The van der Waals surface area contributed by atoms with Gasteiger partial charge in [-0.15, -0.1) is 10.2 Å². The Kier molecular flexibility index (Phi) is 4.92. The summed E-state index contributed by atoms with van der Waals surface area (Å²) in [6.45, 7) is 4.88. The molecule has 128 valence electrons. The molecule has 2 heterocycles. The number of aliphatic hydroxyl groups excluding tert-OH is 1. The van der Waals surface area contributed by atoms with Gasteiger partial charge in [-0.25, -0.2) is 0 Å². The number of nitrogens with one attached hydrogen (secondary N) is 1. The number of carbonyl (C=O) groups is 1. The summed E-state index contributed by atoms with van der Waals surface area (Å²) in [5, 5.41) is 20.8. The van der Waals surface area contributed by atoms with Gasteiger partial charge in [0, 0.05) is 13.2 Å². The van der Waals surface area contributed by atoms with Gasteiger partial charge in [-0.05, 0) is 49.9 Å². The van der Waals surface area contributed by atoms with Crippen molar-refractivity contribution in [2.24, 2.45) is 0 Å². The first-order chi connectivity index (χ1) is 11.6. The zero-order valence-corrected chi connectivity index (χ0v) is 14.0. The smallest absolute Gasteiger partial charge is 0.273 e. The highest BCUT2D eigenvalue weighted by molar-refractivity contribution is 5.93. The fourth-order valence-corrected chi connectivity index (χ4v) is 2.68. The Morgan fingerprint density at radius 1 is 1.38 bits per heavy atom. The number of nitrogens with zero attached hydrogens (tertiary/aromatic N) is 3. The molecule has 1 atom stereocenters. The van der Waals surface area contributed by atoms with Crippen LogP contribution in [0.3, 0.4) is 0 Å². The summed E-state index contributed by atoms with van der Waals surface area (Å²) >= 11 is 0. The SMILES string of the molecule is Cc1ccc(-n2nc(CO)c(C(=O)NCC3CCCO3)n2)cc1C. The van der Waals surface area contributed by atoms with Gasteiger partial charge < -0.3 is 15.2 Å². The van der Waals surface area contributed by atoms with Crippen LogP contribution in [0.1, 0.15) is 40.2 Å². The van der Waals surface area contributed by atoms with E-state index in [1.165, 1.54) is 10.4 Å². The van der Waals surface area contributed by atoms with Crippen LogP contribution in [-0.2, 0) is 11.3 Å². The van der Waals surface area contributed by atoms with Crippen molar-refractivity contribution < 1.29 is 14.6 Å². The molecule has 2 N–H and O–H groups in total. The molecule has 0 spiro atoms. The fourth-order valence-electron chi connectivity index (χ4n) is 2.68. The van der Waals surface area contributed by atoms with Crippen LogP contribution in [0.15, 0.2) is 18.2 Å². The van der Waals surface area contributed by atoms with E-state index in [0.717, 1.165) is 30.7 Å². The first-order valence-electron chi connectivity index (χ1n) is 8.13. The number of hydrogen-bond acceptors (Lipinski definition) is 5. The highest BCUT2D eigenvalue weighted by atomic mass is 16.5. The van der Waals surface area contributed by atoms with E-state index in [2.05, 4.69) is 15.5 Å². The molecule has 1 fully saturated rings. The lowest BCUT2D eigenvalue weighted by molar-refractivity contribution is 0.0851. The minimum Gasteiger partial charge on any atom is -0.390 e. The quantitative estimate of drug-likeness (QED) is 0.862. The van der Waals surface area contributed by atoms with Gasteiger partial charge in [-0.3, -0.25) is 4.79 Å². The third-order valence-electron chi connectivity index (χ3n) is 4.28. The van der Waals surface area contributed by atoms with E-state index in [1.54, 1.807) is 0 Å². The summed E-state index contributed by atoms with van der Waals surface area (Å²) in [5.74, 6) is -0.343. The lowest BCUT2D eigenvalue weighted by atomic mass is 10.1. The molecule has 24 heavy (non-hydrogen) atoms. The average Bonchev–Trinajstić information content (AvgIpc) is 3.24. The van der Waals surface area contributed by atoms with Gasteiger partial charge in [-0.2, -0.15) is 4.80 Å². The number of carbonyl (C=O) groups excluding carboxylic acids is 1. The van der Waals surface area contributed by atoms with Crippen LogP contribution < -0.4 is 5.32 Å². The molecule has 1 aromatic carbocycles. The third kappa shape index (κ3) is 3.47. The Hall–Kier alpha value is -2.25. The van der Waals surface area contributed by atoms with Crippen molar-refractivity contribution in [1.82, 2.24) is 20.3 Å². The van der Waals surface area contributed by atoms with Crippen LogP contribution >= 0.6 is 0 Å². The summed E-state index contributed by atoms with van der Waals surface area (Å²) in [4.78, 5) is 13.7. The largest absolute Gasteiger partial charge is 0.390 e. The Labute approximate surface area is 140 Å². The molecule has 1 amide bonds. The van der Waals surface area contributed by atoms with E-state index in [1.807, 2.05) is 32.0 Å². The third-order valence-corrected chi connectivity index (χ3v) is 4.28. The van der Waals surface area contributed by atoms with Crippen molar-refractivity contribution in [2.75, 3.05) is 13.2 Å². The Bertz CT molecular complexity index is 735. The molecule has 7 heteroatoms. The van der Waals surface area contributed by atoms with Crippen LogP contribution in [0.2, 0.25) is 0 Å². The molecule has 3 rings (SSSR count). The minimum absolute atomic E-state index is 0.0568. The molecule has 1 saturated heterocycles. The fraction of sp³-hybridized carbons (Fsp3) is 0.471. The zero-order valence-electron chi connectivity index (χ0n) is 14.0. The van der Waals surface area contributed by atoms with Gasteiger partial charge in [0.25, 0.3) is 5.91 Å². The average molecular weight is 330 g/mol. The highest BCUT2D eigenvalue weighted by Gasteiger charge is 2.21. The minimum atomic E-state index is -0.343. The highest BCUT2D eigenvalue weighted by Crippen LogP contribution is 2.15. The lowest BCUT2D eigenvalue weighted by Crippen LogP contribution is -2.32. The van der Waals surface area contributed by atoms with E-state index >= 15 is 0 Å². The number of ether oxygens (including phenoxy) is 1. The van der Waals surface area contributed by atoms with Crippen molar-refractivity contribution in [2.45, 2.75) is 39.4 Å². The van der Waals surface area contributed by atoms with Crippen LogP contribution in [0.25, 0.3) is 5.69 Å². The van der Waals surface area contributed by atoms with Crippen LogP contribution in [0.5, 0.6) is 0 Å². The predicted molar refractivity (Wildman–Crippen MR) is 88.1 cm³/mol. The molecule has 1 aliphatic heterocycles. The standard InChI is InChI=1S/C17H22N4O3/c1-11-5-6-13(8-12(11)2)21-19-15(10-22)16(20-21)17(23)18-9-14-4-3-7-24-14/h5-6,8,14,22H,3-4,7,9-10H2,1-2H3,(H,18,23). The normalized spacial score (nSPS) is 17.2. The maximum Gasteiger partial charge on any atom is 0.273 e. The molecular weight excluding hydrogens is 308 g/mol. The molecule has 0 saturated carbocycles. The molecule has 0 aliphatic carbocycles. The second-order valence-corrected chi connectivity index (χ2v) is 6.06. The van der Waals surface area contributed by atoms with Crippen LogP contribution in [0, 0.1) is 13.8 Å². The predicted octanol–water partition coefficient (Wildman–Crippen LogP) is 1.29. The molecule has 2 aromatic rings. The number of aliphatic hydroxyl groups is 1. The van der Waals surface area contributed by atoms with Crippen molar-refractivity contribution in [3.8, 4) is 5.69 Å². The Morgan fingerprint density at radius 3 is 2.88 bits per heavy atom. The van der Waals surface area contributed by atoms with Crippen molar-refractivity contribution >= 4 is 5.91 Å². The summed E-state index contributed by atoms with van der Waals surface area (Å²) in [5.41, 5.74) is 3.44. The second-order valence-electron chi connectivity index (χ2n) is 6.06. The number of amides is 1. The van der Waals surface area contributed by atoms with Gasteiger partial charge in [0.2, 0.25) is 0 Å². The summed E-state index contributed by atoms with van der Waals surface area (Å²) < 4.78 is 5.49. The first-order valence-corrected chi connectivity index (χ1v) is 8.13. The molecule has 7 nitrogen and oxygen atoms in total. The van der Waals surface area contributed by atoms with E-state index in [4.69, 9.17) is 4.74 Å². The second kappa shape index (κ2) is 7.11. The van der Waals surface area contributed by atoms with Gasteiger partial charge in [0.1, 0.15) is 5.69 Å². The molecule has 0 bridgehead atoms. The zero-order chi connectivity index (χ0) is 17.1. The molecule has 0 radical (unpaired) electrons. The summed E-state index contributed by atoms with van der Waals surface area (Å²) in [6.07, 6.45) is 2.02. The van der Waals surface area contributed by atoms with Gasteiger partial charge in [-0.1, -0.05) is 6.07 Å². The number of aromatic nitrogens is 3. The van der Waals surface area contributed by atoms with Crippen molar-refractivity contribution in [3.05, 3.63) is 40.7 Å². The van der Waals surface area contributed by atoms with E-state index < -0.39 is 0 Å². The Morgan fingerprint density at radius 2 is 2.21 bits per heavy atom. The summed E-state index contributed by atoms with van der Waals surface area (Å²) in [7, 11) is 0. The molecular formula is C17H22N4O3. The van der Waals surface area contributed by atoms with E-state index in [9.17, 15) is 9.90 Å². The first kappa shape index (κ1) is 16.6. The van der Waals surface area contributed by atoms with Crippen molar-refractivity contribution in [1.29, 1.82) is 0 Å². The number of aryl methyl sites for hydroxylation is 2. The van der Waals surface area contributed by atoms with Gasteiger partial charge in [0.15, 0.2) is 5.69 Å². The maximum atomic E-state index is 12.4. The number of benzene rings is 1. The van der Waals surface area contributed by atoms with Crippen molar-refractivity contribution in [3.63, 3.8) is 0 Å².